The van der Waals surface area contributed by atoms with E-state index in [4.69, 9.17) is 4.42 Å². The number of aromatic nitrogens is 1. The van der Waals surface area contributed by atoms with Crippen molar-refractivity contribution in [3.8, 4) is 0 Å². The second kappa shape index (κ2) is 4.86. The van der Waals surface area contributed by atoms with Gasteiger partial charge in [-0.2, -0.15) is 0 Å². The van der Waals surface area contributed by atoms with Gasteiger partial charge in [-0.3, -0.25) is 4.98 Å². The van der Waals surface area contributed by atoms with E-state index in [0.717, 1.165) is 23.0 Å². The standard InChI is InChI=1S/C16H15NO2/c1-2-11-7-5-9-17-15(11)16(18)14-10-12-6-3-4-8-13(12)19-14/h3-10,16,18H,2H2,1H3. The first kappa shape index (κ1) is 11.9. The Kier molecular flexibility index (Phi) is 3.05. The second-order valence-electron chi connectivity index (χ2n) is 4.49. The van der Waals surface area contributed by atoms with Crippen LogP contribution in [0.3, 0.4) is 0 Å². The molecule has 3 heteroatoms. The maximum absolute atomic E-state index is 10.4. The lowest BCUT2D eigenvalue weighted by Gasteiger charge is -2.10. The molecule has 96 valence electrons. The zero-order valence-corrected chi connectivity index (χ0v) is 10.7. The molecule has 2 aromatic heterocycles. The fraction of sp³-hybridized carbons (Fsp3) is 0.188. The lowest BCUT2D eigenvalue weighted by molar-refractivity contribution is 0.186. The summed E-state index contributed by atoms with van der Waals surface area (Å²) in [6, 6.07) is 13.5. The van der Waals surface area contributed by atoms with Crippen molar-refractivity contribution in [2.24, 2.45) is 0 Å². The molecule has 19 heavy (non-hydrogen) atoms. The fourth-order valence-corrected chi connectivity index (χ4v) is 2.27. The van der Waals surface area contributed by atoms with Gasteiger partial charge >= 0.3 is 0 Å². The minimum atomic E-state index is -0.816. The summed E-state index contributed by atoms with van der Waals surface area (Å²) in [5.74, 6) is 0.537. The molecule has 0 radical (unpaired) electrons. The third-order valence-corrected chi connectivity index (χ3v) is 3.28. The molecule has 0 aliphatic heterocycles. The second-order valence-corrected chi connectivity index (χ2v) is 4.49. The van der Waals surface area contributed by atoms with Gasteiger partial charge in [0.05, 0.1) is 5.69 Å². The van der Waals surface area contributed by atoms with E-state index in [9.17, 15) is 5.11 Å². The Morgan fingerprint density at radius 3 is 2.84 bits per heavy atom. The minimum Gasteiger partial charge on any atom is -0.458 e. The molecule has 1 N–H and O–H groups in total. The highest BCUT2D eigenvalue weighted by Gasteiger charge is 2.19. The first-order valence-corrected chi connectivity index (χ1v) is 6.40. The number of aliphatic hydroxyl groups excluding tert-OH is 1. The van der Waals surface area contributed by atoms with Crippen molar-refractivity contribution in [3.63, 3.8) is 0 Å². The molecule has 0 fully saturated rings. The smallest absolute Gasteiger partial charge is 0.154 e. The maximum atomic E-state index is 10.4. The lowest BCUT2D eigenvalue weighted by atomic mass is 10.1. The van der Waals surface area contributed by atoms with Crippen molar-refractivity contribution in [3.05, 3.63) is 65.7 Å². The molecular formula is C16H15NO2. The van der Waals surface area contributed by atoms with Crippen LogP contribution in [0.15, 0.2) is 53.1 Å². The van der Waals surface area contributed by atoms with Crippen molar-refractivity contribution in [2.75, 3.05) is 0 Å². The van der Waals surface area contributed by atoms with Crippen LogP contribution in [0.2, 0.25) is 0 Å². The quantitative estimate of drug-likeness (QED) is 0.777. The summed E-state index contributed by atoms with van der Waals surface area (Å²) >= 11 is 0. The van der Waals surface area contributed by atoms with Crippen LogP contribution in [0.5, 0.6) is 0 Å². The van der Waals surface area contributed by atoms with Crippen LogP contribution in [-0.2, 0) is 6.42 Å². The molecule has 0 saturated heterocycles. The highest BCUT2D eigenvalue weighted by Crippen LogP contribution is 2.28. The van der Waals surface area contributed by atoms with E-state index >= 15 is 0 Å². The molecule has 0 bridgehead atoms. The van der Waals surface area contributed by atoms with Gasteiger partial charge in [0.25, 0.3) is 0 Å². The van der Waals surface area contributed by atoms with E-state index in [1.807, 2.05) is 49.4 Å². The van der Waals surface area contributed by atoms with Crippen LogP contribution in [0.25, 0.3) is 11.0 Å². The molecule has 2 heterocycles. The summed E-state index contributed by atoms with van der Waals surface area (Å²) in [6.07, 6.45) is 1.71. The largest absolute Gasteiger partial charge is 0.458 e. The molecule has 3 nitrogen and oxygen atoms in total. The van der Waals surface area contributed by atoms with E-state index in [-0.39, 0.29) is 0 Å². The number of para-hydroxylation sites is 1. The number of nitrogens with zero attached hydrogens (tertiary/aromatic N) is 1. The topological polar surface area (TPSA) is 46.3 Å². The van der Waals surface area contributed by atoms with Crippen molar-refractivity contribution < 1.29 is 9.52 Å². The molecule has 0 amide bonds. The van der Waals surface area contributed by atoms with E-state index in [1.165, 1.54) is 0 Å². The summed E-state index contributed by atoms with van der Waals surface area (Å²) in [5, 5.41) is 11.4. The van der Waals surface area contributed by atoms with Gasteiger partial charge in [-0.15, -0.1) is 0 Å². The van der Waals surface area contributed by atoms with Crippen LogP contribution >= 0.6 is 0 Å². The number of aliphatic hydroxyl groups is 1. The van der Waals surface area contributed by atoms with Crippen molar-refractivity contribution in [2.45, 2.75) is 19.4 Å². The first-order valence-electron chi connectivity index (χ1n) is 6.40. The normalized spacial score (nSPS) is 12.7. The number of rotatable bonds is 3. The Morgan fingerprint density at radius 1 is 1.21 bits per heavy atom. The minimum absolute atomic E-state index is 0.537. The maximum Gasteiger partial charge on any atom is 0.154 e. The van der Waals surface area contributed by atoms with Crippen LogP contribution in [0.4, 0.5) is 0 Å². The molecule has 3 rings (SSSR count). The Bertz CT molecular complexity index is 670. The van der Waals surface area contributed by atoms with Crippen LogP contribution in [0, 0.1) is 0 Å². The van der Waals surface area contributed by atoms with Gasteiger partial charge in [0.1, 0.15) is 11.3 Å². The number of hydrogen-bond donors (Lipinski definition) is 1. The number of hydrogen-bond acceptors (Lipinski definition) is 3. The Balaban J connectivity index is 2.05. The Labute approximate surface area is 111 Å². The lowest BCUT2D eigenvalue weighted by Crippen LogP contribution is -2.04. The van der Waals surface area contributed by atoms with Crippen LogP contribution in [0.1, 0.15) is 30.0 Å². The van der Waals surface area contributed by atoms with Crippen molar-refractivity contribution in [1.29, 1.82) is 0 Å². The third-order valence-electron chi connectivity index (χ3n) is 3.28. The highest BCUT2D eigenvalue weighted by atomic mass is 16.4. The van der Waals surface area contributed by atoms with Crippen LogP contribution in [-0.4, -0.2) is 10.1 Å². The average molecular weight is 253 g/mol. The number of pyridine rings is 1. The average Bonchev–Trinajstić information content (AvgIpc) is 2.90. The zero-order valence-electron chi connectivity index (χ0n) is 10.7. The molecule has 1 unspecified atom stereocenters. The zero-order chi connectivity index (χ0) is 13.2. The summed E-state index contributed by atoms with van der Waals surface area (Å²) in [5.41, 5.74) is 2.49. The van der Waals surface area contributed by atoms with Gasteiger partial charge in [-0.25, -0.2) is 0 Å². The van der Waals surface area contributed by atoms with Gasteiger partial charge < -0.3 is 9.52 Å². The Morgan fingerprint density at radius 2 is 2.05 bits per heavy atom. The molecular weight excluding hydrogens is 238 g/mol. The third kappa shape index (κ3) is 2.13. The molecule has 0 saturated carbocycles. The van der Waals surface area contributed by atoms with Crippen LogP contribution < -0.4 is 0 Å². The molecule has 0 spiro atoms. The van der Waals surface area contributed by atoms with Gasteiger partial charge in [0, 0.05) is 11.6 Å². The number of aryl methyl sites for hydroxylation is 1. The first-order chi connectivity index (χ1) is 9.29. The number of furan rings is 1. The number of fused-ring (bicyclic) bond motifs is 1. The summed E-state index contributed by atoms with van der Waals surface area (Å²) in [4.78, 5) is 4.29. The van der Waals surface area contributed by atoms with E-state index in [2.05, 4.69) is 4.98 Å². The van der Waals surface area contributed by atoms with E-state index < -0.39 is 6.10 Å². The fourth-order valence-electron chi connectivity index (χ4n) is 2.27. The van der Waals surface area contributed by atoms with Gasteiger partial charge in [0.15, 0.2) is 6.10 Å². The SMILES string of the molecule is CCc1cccnc1C(O)c1cc2ccccc2o1. The molecule has 3 aromatic rings. The summed E-state index contributed by atoms with van der Waals surface area (Å²) in [7, 11) is 0. The highest BCUT2D eigenvalue weighted by molar-refractivity contribution is 5.77. The molecule has 1 atom stereocenters. The number of benzene rings is 1. The van der Waals surface area contributed by atoms with E-state index in [0.29, 0.717) is 11.5 Å². The van der Waals surface area contributed by atoms with Gasteiger partial charge in [-0.05, 0) is 30.2 Å². The summed E-state index contributed by atoms with van der Waals surface area (Å²) in [6.45, 7) is 2.05. The monoisotopic (exact) mass is 253 g/mol. The van der Waals surface area contributed by atoms with Gasteiger partial charge in [-0.1, -0.05) is 31.2 Å². The predicted molar refractivity (Wildman–Crippen MR) is 73.9 cm³/mol. The summed E-state index contributed by atoms with van der Waals surface area (Å²) < 4.78 is 5.69. The molecule has 0 aliphatic carbocycles. The Hall–Kier alpha value is -2.13. The van der Waals surface area contributed by atoms with Gasteiger partial charge in [0.2, 0.25) is 0 Å². The molecule has 1 aromatic carbocycles. The molecule has 0 aliphatic rings. The van der Waals surface area contributed by atoms with Crippen molar-refractivity contribution >= 4 is 11.0 Å². The van der Waals surface area contributed by atoms with E-state index in [1.54, 1.807) is 6.20 Å². The predicted octanol–water partition coefficient (Wildman–Crippen LogP) is 3.47. The van der Waals surface area contributed by atoms with Crippen molar-refractivity contribution in [1.82, 2.24) is 4.98 Å².